The number of ether oxygens (including phenoxy) is 1. The summed E-state index contributed by atoms with van der Waals surface area (Å²) in [6, 6.07) is 15.7. The molecule has 6 nitrogen and oxygen atoms in total. The van der Waals surface area contributed by atoms with E-state index in [0.717, 1.165) is 17.0 Å². The summed E-state index contributed by atoms with van der Waals surface area (Å²) in [6.07, 6.45) is 0. The van der Waals surface area contributed by atoms with Gasteiger partial charge in [-0.25, -0.2) is 0 Å². The van der Waals surface area contributed by atoms with Crippen molar-refractivity contribution < 1.29 is 9.26 Å². The maximum absolute atomic E-state index is 5.44. The lowest BCUT2D eigenvalue weighted by atomic mass is 10.2. The van der Waals surface area contributed by atoms with Crippen LogP contribution in [0, 0.1) is 6.92 Å². The number of nitrogens with one attached hydrogen (secondary N) is 1. The fourth-order valence-electron chi connectivity index (χ4n) is 2.43. The van der Waals surface area contributed by atoms with Crippen molar-refractivity contribution in [3.63, 3.8) is 0 Å². The molecule has 7 heteroatoms. The Morgan fingerprint density at radius 2 is 1.85 bits per heavy atom. The number of hydrogen-bond donors (Lipinski definition) is 1. The number of benzene rings is 2. The van der Waals surface area contributed by atoms with Crippen LogP contribution in [0.4, 0.5) is 5.69 Å². The predicted octanol–water partition coefficient (Wildman–Crippen LogP) is 4.27. The van der Waals surface area contributed by atoms with Crippen molar-refractivity contribution >= 4 is 23.0 Å². The molecule has 0 aliphatic rings. The van der Waals surface area contributed by atoms with Crippen molar-refractivity contribution in [1.29, 1.82) is 0 Å². The van der Waals surface area contributed by atoms with Crippen LogP contribution in [-0.4, -0.2) is 33.8 Å². The molecule has 0 unspecified atom stereocenters. The van der Waals surface area contributed by atoms with E-state index >= 15 is 0 Å². The van der Waals surface area contributed by atoms with Crippen LogP contribution in [0.25, 0.3) is 11.4 Å². The van der Waals surface area contributed by atoms with Crippen molar-refractivity contribution in [2.24, 2.45) is 0 Å². The van der Waals surface area contributed by atoms with Crippen LogP contribution in [0.2, 0.25) is 0 Å². The third-order valence-corrected chi connectivity index (χ3v) is 4.33. The average Bonchev–Trinajstić information content (AvgIpc) is 3.13. The van der Waals surface area contributed by atoms with Gasteiger partial charge in [-0.3, -0.25) is 0 Å². The summed E-state index contributed by atoms with van der Waals surface area (Å²) in [5.41, 5.74) is 3.02. The molecule has 0 amide bonds. The minimum atomic E-state index is 0.418. The molecular formula is C20H22N4O2S. The number of anilines is 1. The van der Waals surface area contributed by atoms with Gasteiger partial charge in [0.1, 0.15) is 5.75 Å². The topological polar surface area (TPSA) is 63.4 Å². The van der Waals surface area contributed by atoms with Gasteiger partial charge in [-0.1, -0.05) is 22.9 Å². The quantitative estimate of drug-likeness (QED) is 0.639. The minimum absolute atomic E-state index is 0.418. The number of thiocarbonyl (C=S) groups is 1. The number of aromatic nitrogens is 2. The van der Waals surface area contributed by atoms with Crippen LogP contribution < -0.4 is 10.1 Å². The number of rotatable bonds is 6. The lowest BCUT2D eigenvalue weighted by Gasteiger charge is -2.19. The Morgan fingerprint density at radius 3 is 2.52 bits per heavy atom. The largest absolute Gasteiger partial charge is 0.494 e. The molecule has 0 fully saturated rings. The first-order valence-corrected chi connectivity index (χ1v) is 9.10. The van der Waals surface area contributed by atoms with Gasteiger partial charge in [-0.2, -0.15) is 4.98 Å². The van der Waals surface area contributed by atoms with Crippen molar-refractivity contribution in [3.8, 4) is 17.1 Å². The van der Waals surface area contributed by atoms with Crippen molar-refractivity contribution in [1.82, 2.24) is 15.0 Å². The van der Waals surface area contributed by atoms with Crippen LogP contribution in [0.3, 0.4) is 0 Å². The van der Waals surface area contributed by atoms with Gasteiger partial charge < -0.3 is 19.5 Å². The highest BCUT2D eigenvalue weighted by atomic mass is 32.1. The van der Waals surface area contributed by atoms with E-state index in [1.54, 1.807) is 0 Å². The van der Waals surface area contributed by atoms with E-state index in [-0.39, 0.29) is 0 Å². The lowest BCUT2D eigenvalue weighted by Crippen LogP contribution is -2.30. The summed E-state index contributed by atoms with van der Waals surface area (Å²) in [5, 5.41) is 7.83. The molecule has 0 atom stereocenters. The first-order valence-electron chi connectivity index (χ1n) is 8.69. The molecule has 0 spiro atoms. The Kier molecular flexibility index (Phi) is 6.03. The van der Waals surface area contributed by atoms with E-state index in [1.165, 1.54) is 5.56 Å². The van der Waals surface area contributed by atoms with Gasteiger partial charge in [0.2, 0.25) is 11.7 Å². The molecule has 0 radical (unpaired) electrons. The van der Waals surface area contributed by atoms with E-state index in [2.05, 4.69) is 15.5 Å². The fraction of sp³-hybridized carbons (Fsp3) is 0.250. The third-order valence-electron chi connectivity index (χ3n) is 3.91. The summed E-state index contributed by atoms with van der Waals surface area (Å²) in [7, 11) is 1.88. The molecule has 3 aromatic rings. The van der Waals surface area contributed by atoms with Crippen LogP contribution in [-0.2, 0) is 6.54 Å². The molecule has 27 heavy (non-hydrogen) atoms. The zero-order chi connectivity index (χ0) is 19.2. The van der Waals surface area contributed by atoms with Crippen LogP contribution in [0.15, 0.2) is 53.1 Å². The van der Waals surface area contributed by atoms with E-state index < -0.39 is 0 Å². The maximum atomic E-state index is 5.44. The van der Waals surface area contributed by atoms with Gasteiger partial charge in [0.15, 0.2) is 5.11 Å². The standard InChI is InChI=1S/C20H22N4O2S/c1-4-25-17-11-7-15(8-12-17)19-22-18(26-23-19)13-24(3)20(27)21-16-9-5-14(2)6-10-16/h5-12H,4,13H2,1-3H3,(H,21,27). The summed E-state index contributed by atoms with van der Waals surface area (Å²) < 4.78 is 10.8. The highest BCUT2D eigenvalue weighted by Gasteiger charge is 2.13. The first-order chi connectivity index (χ1) is 13.0. The minimum Gasteiger partial charge on any atom is -0.494 e. The van der Waals surface area contributed by atoms with Crippen LogP contribution in [0.1, 0.15) is 18.4 Å². The molecule has 0 bridgehead atoms. The van der Waals surface area contributed by atoms with Gasteiger partial charge >= 0.3 is 0 Å². The third kappa shape index (κ3) is 5.04. The molecule has 0 saturated carbocycles. The Balaban J connectivity index is 1.60. The van der Waals surface area contributed by atoms with E-state index in [9.17, 15) is 0 Å². The zero-order valence-corrected chi connectivity index (χ0v) is 16.4. The fourth-order valence-corrected chi connectivity index (χ4v) is 2.62. The number of hydrogen-bond acceptors (Lipinski definition) is 5. The van der Waals surface area contributed by atoms with Crippen LogP contribution >= 0.6 is 12.2 Å². The molecule has 0 saturated heterocycles. The normalized spacial score (nSPS) is 10.5. The molecule has 1 N–H and O–H groups in total. The van der Waals surface area contributed by atoms with Crippen molar-refractivity contribution in [2.45, 2.75) is 20.4 Å². The first kappa shape index (κ1) is 18.8. The Morgan fingerprint density at radius 1 is 1.15 bits per heavy atom. The molecule has 1 heterocycles. The Labute approximate surface area is 164 Å². The summed E-state index contributed by atoms with van der Waals surface area (Å²) in [5.74, 6) is 1.85. The molecule has 140 valence electrons. The second kappa shape index (κ2) is 8.64. The van der Waals surface area contributed by atoms with Gasteiger partial charge in [0, 0.05) is 18.3 Å². The molecular weight excluding hydrogens is 360 g/mol. The maximum Gasteiger partial charge on any atom is 0.246 e. The highest BCUT2D eigenvalue weighted by molar-refractivity contribution is 7.80. The number of aryl methyl sites for hydroxylation is 1. The van der Waals surface area contributed by atoms with E-state index in [0.29, 0.717) is 30.0 Å². The van der Waals surface area contributed by atoms with Crippen LogP contribution in [0.5, 0.6) is 5.75 Å². The van der Waals surface area contributed by atoms with Gasteiger partial charge in [0.05, 0.1) is 13.2 Å². The Hall–Kier alpha value is -2.93. The molecule has 1 aromatic heterocycles. The Bertz CT molecular complexity index is 891. The summed E-state index contributed by atoms with van der Waals surface area (Å²) in [4.78, 5) is 6.30. The molecule has 2 aromatic carbocycles. The zero-order valence-electron chi connectivity index (χ0n) is 15.6. The monoisotopic (exact) mass is 382 g/mol. The lowest BCUT2D eigenvalue weighted by molar-refractivity contribution is 0.336. The smallest absolute Gasteiger partial charge is 0.246 e. The summed E-state index contributed by atoms with van der Waals surface area (Å²) in [6.45, 7) is 5.05. The second-order valence-corrected chi connectivity index (χ2v) is 6.51. The van der Waals surface area contributed by atoms with E-state index in [1.807, 2.05) is 74.3 Å². The number of nitrogens with zero attached hydrogens (tertiary/aromatic N) is 3. The molecule has 0 aliphatic carbocycles. The summed E-state index contributed by atoms with van der Waals surface area (Å²) >= 11 is 5.44. The van der Waals surface area contributed by atoms with Gasteiger partial charge in [-0.05, 0) is 62.5 Å². The highest BCUT2D eigenvalue weighted by Crippen LogP contribution is 2.20. The van der Waals surface area contributed by atoms with Crippen molar-refractivity contribution in [2.75, 3.05) is 19.0 Å². The average molecular weight is 382 g/mol. The molecule has 3 rings (SSSR count). The van der Waals surface area contributed by atoms with Crippen molar-refractivity contribution in [3.05, 3.63) is 60.0 Å². The van der Waals surface area contributed by atoms with Gasteiger partial charge in [-0.15, -0.1) is 0 Å². The SMILES string of the molecule is CCOc1ccc(-c2noc(CN(C)C(=S)Nc3ccc(C)cc3)n2)cc1. The van der Waals surface area contributed by atoms with Gasteiger partial charge in [0.25, 0.3) is 0 Å². The van der Waals surface area contributed by atoms with E-state index in [4.69, 9.17) is 21.5 Å². The predicted molar refractivity (Wildman–Crippen MR) is 110 cm³/mol. The second-order valence-electron chi connectivity index (χ2n) is 6.12. The molecule has 0 aliphatic heterocycles.